The molecule has 2 amide bonds. The fourth-order valence-electron chi connectivity index (χ4n) is 1.36. The molecule has 0 spiro atoms. The molecule has 1 aromatic carbocycles. The van der Waals surface area contributed by atoms with E-state index in [9.17, 15) is 9.59 Å². The van der Waals surface area contributed by atoms with Gasteiger partial charge in [0.05, 0.1) is 13.0 Å². The van der Waals surface area contributed by atoms with Crippen LogP contribution < -0.4 is 10.6 Å². The first-order valence-electron chi connectivity index (χ1n) is 5.89. The molecule has 1 rings (SSSR count). The molecule has 0 aliphatic carbocycles. The third-order valence-corrected chi connectivity index (χ3v) is 2.55. The van der Waals surface area contributed by atoms with Gasteiger partial charge < -0.3 is 10.6 Å². The van der Waals surface area contributed by atoms with Crippen LogP contribution in [0.15, 0.2) is 24.3 Å². The molecular formula is C13H17ClN2O2. The van der Waals surface area contributed by atoms with E-state index in [-0.39, 0.29) is 24.8 Å². The van der Waals surface area contributed by atoms with Gasteiger partial charge in [-0.05, 0) is 24.1 Å². The SMILES string of the molecule is CCCNC(=O)CNC(=O)Cc1ccc(Cl)cc1. The topological polar surface area (TPSA) is 58.2 Å². The molecule has 0 saturated carbocycles. The van der Waals surface area contributed by atoms with E-state index < -0.39 is 0 Å². The predicted molar refractivity (Wildman–Crippen MR) is 71.5 cm³/mol. The van der Waals surface area contributed by atoms with Crippen molar-refractivity contribution in [3.63, 3.8) is 0 Å². The van der Waals surface area contributed by atoms with Crippen LogP contribution in [0.1, 0.15) is 18.9 Å². The number of benzene rings is 1. The molecule has 0 heterocycles. The van der Waals surface area contributed by atoms with Crippen molar-refractivity contribution in [1.82, 2.24) is 10.6 Å². The van der Waals surface area contributed by atoms with Crippen molar-refractivity contribution < 1.29 is 9.59 Å². The van der Waals surface area contributed by atoms with Crippen LogP contribution in [0, 0.1) is 0 Å². The summed E-state index contributed by atoms with van der Waals surface area (Å²) in [6.45, 7) is 2.62. The molecular weight excluding hydrogens is 252 g/mol. The van der Waals surface area contributed by atoms with E-state index in [1.165, 1.54) is 0 Å². The highest BCUT2D eigenvalue weighted by Crippen LogP contribution is 2.09. The van der Waals surface area contributed by atoms with Gasteiger partial charge in [0.1, 0.15) is 0 Å². The summed E-state index contributed by atoms with van der Waals surface area (Å²) in [5.74, 6) is -0.342. The van der Waals surface area contributed by atoms with Gasteiger partial charge in [-0.2, -0.15) is 0 Å². The van der Waals surface area contributed by atoms with Crippen molar-refractivity contribution in [2.24, 2.45) is 0 Å². The zero-order valence-electron chi connectivity index (χ0n) is 10.3. The standard InChI is InChI=1S/C13H17ClN2O2/c1-2-7-15-13(18)9-16-12(17)8-10-3-5-11(14)6-4-10/h3-6H,2,7-9H2,1H3,(H,15,18)(H,16,17). The van der Waals surface area contributed by atoms with Gasteiger partial charge in [0.15, 0.2) is 0 Å². The number of carbonyl (C=O) groups is 2. The van der Waals surface area contributed by atoms with Crippen LogP contribution in [-0.4, -0.2) is 24.9 Å². The van der Waals surface area contributed by atoms with E-state index in [1.807, 2.05) is 6.92 Å². The second-order valence-corrected chi connectivity index (χ2v) is 4.37. The summed E-state index contributed by atoms with van der Waals surface area (Å²) >= 11 is 5.75. The largest absolute Gasteiger partial charge is 0.355 e. The van der Waals surface area contributed by atoms with E-state index in [2.05, 4.69) is 10.6 Å². The van der Waals surface area contributed by atoms with Gasteiger partial charge >= 0.3 is 0 Å². The highest BCUT2D eigenvalue weighted by molar-refractivity contribution is 6.30. The molecule has 5 heteroatoms. The number of hydrogen-bond acceptors (Lipinski definition) is 2. The Morgan fingerprint density at radius 3 is 2.39 bits per heavy atom. The smallest absolute Gasteiger partial charge is 0.239 e. The number of halogens is 1. The number of carbonyl (C=O) groups excluding carboxylic acids is 2. The van der Waals surface area contributed by atoms with E-state index in [0.29, 0.717) is 11.6 Å². The fourth-order valence-corrected chi connectivity index (χ4v) is 1.48. The first-order chi connectivity index (χ1) is 8.61. The molecule has 1 aromatic rings. The lowest BCUT2D eigenvalue weighted by molar-refractivity contribution is -0.125. The summed E-state index contributed by atoms with van der Waals surface area (Å²) in [5.41, 5.74) is 0.867. The Bertz CT molecular complexity index is 404. The van der Waals surface area contributed by atoms with E-state index >= 15 is 0 Å². The van der Waals surface area contributed by atoms with E-state index in [0.717, 1.165) is 12.0 Å². The third-order valence-electron chi connectivity index (χ3n) is 2.30. The highest BCUT2D eigenvalue weighted by atomic mass is 35.5. The van der Waals surface area contributed by atoms with Crippen LogP contribution in [0.3, 0.4) is 0 Å². The lowest BCUT2D eigenvalue weighted by Crippen LogP contribution is -2.37. The zero-order valence-corrected chi connectivity index (χ0v) is 11.1. The van der Waals surface area contributed by atoms with E-state index in [4.69, 9.17) is 11.6 Å². The third kappa shape index (κ3) is 5.68. The van der Waals surface area contributed by atoms with Crippen LogP contribution in [0.5, 0.6) is 0 Å². The highest BCUT2D eigenvalue weighted by Gasteiger charge is 2.05. The lowest BCUT2D eigenvalue weighted by Gasteiger charge is -2.06. The quantitative estimate of drug-likeness (QED) is 0.822. The first kappa shape index (κ1) is 14.5. The normalized spacial score (nSPS) is 9.89. The molecule has 2 N–H and O–H groups in total. The van der Waals surface area contributed by atoms with Crippen molar-refractivity contribution in [3.05, 3.63) is 34.9 Å². The minimum Gasteiger partial charge on any atom is -0.355 e. The van der Waals surface area contributed by atoms with Gasteiger partial charge in [-0.25, -0.2) is 0 Å². The predicted octanol–water partition coefficient (Wildman–Crippen LogP) is 1.52. The molecule has 0 aromatic heterocycles. The molecule has 0 atom stereocenters. The monoisotopic (exact) mass is 268 g/mol. The second-order valence-electron chi connectivity index (χ2n) is 3.93. The maximum atomic E-state index is 11.6. The van der Waals surface area contributed by atoms with Crippen molar-refractivity contribution in [1.29, 1.82) is 0 Å². The maximum absolute atomic E-state index is 11.6. The van der Waals surface area contributed by atoms with Gasteiger partial charge in [-0.3, -0.25) is 9.59 Å². The molecule has 4 nitrogen and oxygen atoms in total. The van der Waals surface area contributed by atoms with Crippen LogP contribution in [0.4, 0.5) is 0 Å². The Morgan fingerprint density at radius 1 is 1.11 bits per heavy atom. The van der Waals surface area contributed by atoms with Gasteiger partial charge in [0.25, 0.3) is 0 Å². The molecule has 0 saturated heterocycles. The molecule has 0 aliphatic rings. The van der Waals surface area contributed by atoms with Crippen molar-refractivity contribution >= 4 is 23.4 Å². The van der Waals surface area contributed by atoms with Gasteiger partial charge in [0.2, 0.25) is 11.8 Å². The minimum absolute atomic E-state index is 0.0203. The number of nitrogens with one attached hydrogen (secondary N) is 2. The molecule has 0 bridgehead atoms. The summed E-state index contributed by atoms with van der Waals surface area (Å²) in [5, 5.41) is 5.90. The van der Waals surface area contributed by atoms with Gasteiger partial charge in [-0.1, -0.05) is 30.7 Å². The first-order valence-corrected chi connectivity index (χ1v) is 6.27. The summed E-state index contributed by atoms with van der Waals surface area (Å²) in [6, 6.07) is 7.05. The Balaban J connectivity index is 2.29. The molecule has 98 valence electrons. The van der Waals surface area contributed by atoms with E-state index in [1.54, 1.807) is 24.3 Å². The van der Waals surface area contributed by atoms with Crippen LogP contribution >= 0.6 is 11.6 Å². The maximum Gasteiger partial charge on any atom is 0.239 e. The summed E-state index contributed by atoms with van der Waals surface area (Å²) in [6.07, 6.45) is 1.13. The van der Waals surface area contributed by atoms with Crippen molar-refractivity contribution in [3.8, 4) is 0 Å². The Labute approximate surface area is 112 Å². The molecule has 0 aliphatic heterocycles. The Morgan fingerprint density at radius 2 is 1.78 bits per heavy atom. The number of rotatable bonds is 6. The zero-order chi connectivity index (χ0) is 13.4. The summed E-state index contributed by atoms with van der Waals surface area (Å²) < 4.78 is 0. The summed E-state index contributed by atoms with van der Waals surface area (Å²) in [7, 11) is 0. The Kier molecular flexibility index (Phi) is 6.22. The molecule has 0 unspecified atom stereocenters. The molecule has 18 heavy (non-hydrogen) atoms. The molecule has 0 fully saturated rings. The average Bonchev–Trinajstić information content (AvgIpc) is 2.36. The second kappa shape index (κ2) is 7.71. The van der Waals surface area contributed by atoms with Crippen LogP contribution in [-0.2, 0) is 16.0 Å². The summed E-state index contributed by atoms with van der Waals surface area (Å²) in [4.78, 5) is 22.8. The van der Waals surface area contributed by atoms with Crippen molar-refractivity contribution in [2.45, 2.75) is 19.8 Å². The van der Waals surface area contributed by atoms with Crippen molar-refractivity contribution in [2.75, 3.05) is 13.1 Å². The molecule has 0 radical (unpaired) electrons. The Hall–Kier alpha value is -1.55. The van der Waals surface area contributed by atoms with Gasteiger partial charge in [-0.15, -0.1) is 0 Å². The van der Waals surface area contributed by atoms with Crippen LogP contribution in [0.2, 0.25) is 5.02 Å². The minimum atomic E-state index is -0.177. The number of hydrogen-bond donors (Lipinski definition) is 2. The van der Waals surface area contributed by atoms with Crippen LogP contribution in [0.25, 0.3) is 0 Å². The lowest BCUT2D eigenvalue weighted by atomic mass is 10.1. The average molecular weight is 269 g/mol. The number of amides is 2. The fraction of sp³-hybridized carbons (Fsp3) is 0.385. The van der Waals surface area contributed by atoms with Gasteiger partial charge in [0, 0.05) is 11.6 Å².